The zero-order valence-electron chi connectivity index (χ0n) is 15.7. The van der Waals surface area contributed by atoms with Crippen LogP contribution in [0.15, 0.2) is 47.4 Å². The summed E-state index contributed by atoms with van der Waals surface area (Å²) in [5, 5.41) is 3.60. The van der Waals surface area contributed by atoms with E-state index in [1.54, 1.807) is 18.2 Å². The van der Waals surface area contributed by atoms with Crippen LogP contribution in [0.5, 0.6) is 0 Å². The summed E-state index contributed by atoms with van der Waals surface area (Å²) in [6.45, 7) is 1.91. The van der Waals surface area contributed by atoms with Gasteiger partial charge in [-0.25, -0.2) is 8.42 Å². The number of hydrogen-bond donors (Lipinski definition) is 1. The fraction of sp³-hybridized carbons (Fsp3) is 0.300. The van der Waals surface area contributed by atoms with Gasteiger partial charge in [-0.05, 0) is 50.1 Å². The molecule has 0 bridgehead atoms. The van der Waals surface area contributed by atoms with E-state index >= 15 is 0 Å². The number of halogens is 2. The SMILES string of the molecule is CC(=O)c1ccc(S(=O)(=O)N2CCC(C(=O)Nc3ccc(Cl)cc3Cl)CC2)cc1. The number of nitrogens with zero attached hydrogens (tertiary/aromatic N) is 1. The normalized spacial score (nSPS) is 15.8. The van der Waals surface area contributed by atoms with E-state index in [9.17, 15) is 18.0 Å². The van der Waals surface area contributed by atoms with Gasteiger partial charge in [-0.1, -0.05) is 35.3 Å². The molecule has 1 aliphatic rings. The van der Waals surface area contributed by atoms with Crippen LogP contribution in [0.25, 0.3) is 0 Å². The number of ketones is 1. The Labute approximate surface area is 179 Å². The minimum Gasteiger partial charge on any atom is -0.325 e. The quantitative estimate of drug-likeness (QED) is 0.684. The highest BCUT2D eigenvalue weighted by Crippen LogP contribution is 2.28. The first-order valence-electron chi connectivity index (χ1n) is 9.05. The molecule has 1 fully saturated rings. The molecule has 1 aliphatic heterocycles. The summed E-state index contributed by atoms with van der Waals surface area (Å²) in [6.07, 6.45) is 0.809. The van der Waals surface area contributed by atoms with E-state index < -0.39 is 10.0 Å². The number of anilines is 1. The lowest BCUT2D eigenvalue weighted by Gasteiger charge is -2.30. The molecule has 1 heterocycles. The van der Waals surface area contributed by atoms with Gasteiger partial charge in [0, 0.05) is 29.6 Å². The Hall–Kier alpha value is -1.93. The van der Waals surface area contributed by atoms with Gasteiger partial charge in [0.15, 0.2) is 5.78 Å². The Balaban J connectivity index is 1.63. The molecule has 1 saturated heterocycles. The van der Waals surface area contributed by atoms with Gasteiger partial charge in [-0.3, -0.25) is 9.59 Å². The van der Waals surface area contributed by atoms with Crippen molar-refractivity contribution in [1.29, 1.82) is 0 Å². The van der Waals surface area contributed by atoms with E-state index in [1.807, 2.05) is 0 Å². The third-order valence-corrected chi connectivity index (χ3v) is 7.37. The van der Waals surface area contributed by atoms with Crippen LogP contribution in [0, 0.1) is 5.92 Å². The summed E-state index contributed by atoms with van der Waals surface area (Å²) in [4.78, 5) is 24.0. The third kappa shape index (κ3) is 4.98. The summed E-state index contributed by atoms with van der Waals surface area (Å²) < 4.78 is 27.0. The Bertz CT molecular complexity index is 1030. The van der Waals surface area contributed by atoms with Gasteiger partial charge in [0.25, 0.3) is 0 Å². The minimum atomic E-state index is -3.67. The summed E-state index contributed by atoms with van der Waals surface area (Å²) in [5.41, 5.74) is 0.932. The van der Waals surface area contributed by atoms with E-state index in [0.717, 1.165) is 0 Å². The number of carbonyl (C=O) groups is 2. The number of hydrogen-bond acceptors (Lipinski definition) is 4. The Kier molecular flexibility index (Phi) is 6.63. The number of benzene rings is 2. The molecule has 9 heteroatoms. The molecule has 2 aromatic rings. The standard InChI is InChI=1S/C20H20Cl2N2O4S/c1-13(25)14-2-5-17(6-3-14)29(27,28)24-10-8-15(9-11-24)20(26)23-19-7-4-16(21)12-18(19)22/h2-7,12,15H,8-11H2,1H3,(H,23,26). The summed E-state index contributed by atoms with van der Waals surface area (Å²) in [6, 6.07) is 10.7. The first kappa shape index (κ1) is 21.8. The maximum Gasteiger partial charge on any atom is 0.243 e. The second-order valence-corrected chi connectivity index (χ2v) is 9.65. The van der Waals surface area contributed by atoms with Crippen molar-refractivity contribution in [2.45, 2.75) is 24.7 Å². The lowest BCUT2D eigenvalue weighted by atomic mass is 9.97. The highest BCUT2D eigenvalue weighted by molar-refractivity contribution is 7.89. The van der Waals surface area contributed by atoms with Gasteiger partial charge in [-0.2, -0.15) is 4.31 Å². The second kappa shape index (κ2) is 8.83. The number of carbonyl (C=O) groups excluding carboxylic acids is 2. The topological polar surface area (TPSA) is 83.6 Å². The van der Waals surface area contributed by atoms with Crippen LogP contribution in [0.4, 0.5) is 5.69 Å². The predicted molar refractivity (Wildman–Crippen MR) is 113 cm³/mol. The number of Topliss-reactive ketones (excluding diaryl/α,β-unsaturated/α-hetero) is 1. The van der Waals surface area contributed by atoms with Gasteiger partial charge in [0.1, 0.15) is 0 Å². The van der Waals surface area contributed by atoms with E-state index in [2.05, 4.69) is 5.32 Å². The predicted octanol–water partition coefficient (Wildman–Crippen LogP) is 4.24. The van der Waals surface area contributed by atoms with Crippen LogP contribution >= 0.6 is 23.2 Å². The molecule has 0 aromatic heterocycles. The van der Waals surface area contributed by atoms with Crippen molar-refractivity contribution in [2.75, 3.05) is 18.4 Å². The maximum absolute atomic E-state index is 12.8. The molecule has 2 aromatic carbocycles. The minimum absolute atomic E-state index is 0.124. The molecule has 0 unspecified atom stereocenters. The highest BCUT2D eigenvalue weighted by atomic mass is 35.5. The Morgan fingerprint density at radius 2 is 1.66 bits per heavy atom. The zero-order valence-corrected chi connectivity index (χ0v) is 18.0. The van der Waals surface area contributed by atoms with Crippen molar-refractivity contribution < 1.29 is 18.0 Å². The van der Waals surface area contributed by atoms with Crippen LogP contribution in [-0.4, -0.2) is 37.5 Å². The molecular formula is C20H20Cl2N2O4S. The van der Waals surface area contributed by atoms with Crippen molar-refractivity contribution in [2.24, 2.45) is 5.92 Å². The molecule has 1 amide bonds. The smallest absolute Gasteiger partial charge is 0.243 e. The first-order chi connectivity index (χ1) is 13.7. The number of amides is 1. The van der Waals surface area contributed by atoms with Crippen LogP contribution in [0.3, 0.4) is 0 Å². The van der Waals surface area contributed by atoms with Crippen molar-refractivity contribution in [3.05, 3.63) is 58.1 Å². The average molecular weight is 455 g/mol. The van der Waals surface area contributed by atoms with Gasteiger partial charge in [0.05, 0.1) is 15.6 Å². The first-order valence-corrected chi connectivity index (χ1v) is 11.2. The van der Waals surface area contributed by atoms with Crippen molar-refractivity contribution in [3.8, 4) is 0 Å². The Morgan fingerprint density at radius 1 is 1.03 bits per heavy atom. The lowest BCUT2D eigenvalue weighted by molar-refractivity contribution is -0.120. The van der Waals surface area contributed by atoms with Gasteiger partial charge >= 0.3 is 0 Å². The van der Waals surface area contributed by atoms with E-state index in [-0.39, 0.29) is 35.6 Å². The molecular weight excluding hydrogens is 435 g/mol. The van der Waals surface area contributed by atoms with Gasteiger partial charge in [-0.15, -0.1) is 0 Å². The second-order valence-electron chi connectivity index (χ2n) is 6.87. The van der Waals surface area contributed by atoms with E-state index in [4.69, 9.17) is 23.2 Å². The van der Waals surface area contributed by atoms with Crippen LogP contribution in [-0.2, 0) is 14.8 Å². The van der Waals surface area contributed by atoms with Gasteiger partial charge in [0.2, 0.25) is 15.9 Å². The van der Waals surface area contributed by atoms with Crippen LogP contribution in [0.1, 0.15) is 30.1 Å². The monoisotopic (exact) mass is 454 g/mol. The fourth-order valence-electron chi connectivity index (χ4n) is 3.19. The average Bonchev–Trinajstić information content (AvgIpc) is 2.70. The lowest BCUT2D eigenvalue weighted by Crippen LogP contribution is -2.41. The van der Waals surface area contributed by atoms with Crippen molar-refractivity contribution >= 4 is 50.6 Å². The maximum atomic E-state index is 12.8. The highest BCUT2D eigenvalue weighted by Gasteiger charge is 2.32. The molecule has 0 aliphatic carbocycles. The molecule has 154 valence electrons. The molecule has 1 N–H and O–H groups in total. The Morgan fingerprint density at radius 3 is 2.21 bits per heavy atom. The molecule has 0 atom stereocenters. The number of rotatable bonds is 5. The summed E-state index contributed by atoms with van der Waals surface area (Å²) >= 11 is 11.9. The molecule has 0 radical (unpaired) electrons. The van der Waals surface area contributed by atoms with Crippen LogP contribution < -0.4 is 5.32 Å². The van der Waals surface area contributed by atoms with Crippen molar-refractivity contribution in [1.82, 2.24) is 4.31 Å². The van der Waals surface area contributed by atoms with E-state index in [0.29, 0.717) is 34.1 Å². The largest absolute Gasteiger partial charge is 0.325 e. The zero-order chi connectivity index (χ0) is 21.2. The summed E-state index contributed by atoms with van der Waals surface area (Å²) in [5.74, 6) is -0.632. The summed E-state index contributed by atoms with van der Waals surface area (Å²) in [7, 11) is -3.67. The third-order valence-electron chi connectivity index (χ3n) is 4.91. The van der Waals surface area contributed by atoms with Gasteiger partial charge < -0.3 is 5.32 Å². The molecule has 0 saturated carbocycles. The molecule has 0 spiro atoms. The van der Waals surface area contributed by atoms with Crippen LogP contribution in [0.2, 0.25) is 10.0 Å². The molecule has 6 nitrogen and oxygen atoms in total. The molecule has 3 rings (SSSR count). The van der Waals surface area contributed by atoms with Crippen molar-refractivity contribution in [3.63, 3.8) is 0 Å². The number of piperidine rings is 1. The fourth-order valence-corrected chi connectivity index (χ4v) is 5.12. The van der Waals surface area contributed by atoms with E-state index in [1.165, 1.54) is 35.5 Å². The molecule has 29 heavy (non-hydrogen) atoms. The number of nitrogens with one attached hydrogen (secondary N) is 1. The number of sulfonamides is 1.